The van der Waals surface area contributed by atoms with E-state index in [2.05, 4.69) is 0 Å². The van der Waals surface area contributed by atoms with E-state index >= 15 is 0 Å². The number of methoxy groups -OCH3 is 1. The minimum Gasteiger partial charge on any atom is -0.497 e. The zero-order chi connectivity index (χ0) is 12.3. The lowest BCUT2D eigenvalue weighted by Crippen LogP contribution is -1.89. The third-order valence-corrected chi connectivity index (χ3v) is 2.53. The number of ether oxygens (including phenoxy) is 1. The molecule has 0 heterocycles. The summed E-state index contributed by atoms with van der Waals surface area (Å²) in [6, 6.07) is 13.6. The molecule has 0 aliphatic heterocycles. The van der Waals surface area contributed by atoms with E-state index in [1.165, 1.54) is 6.07 Å². The first-order chi connectivity index (χ1) is 8.26. The molecule has 2 aromatic rings. The number of halogens is 1. The first-order valence-electron chi connectivity index (χ1n) is 5.09. The topological polar surface area (TPSA) is 33.0 Å². The number of nitrogens with zero attached hydrogens (tertiary/aromatic N) is 1. The average molecular weight is 227 g/mol. The van der Waals surface area contributed by atoms with Crippen molar-refractivity contribution in [1.29, 1.82) is 5.26 Å². The van der Waals surface area contributed by atoms with E-state index in [9.17, 15) is 4.39 Å². The second kappa shape index (κ2) is 4.67. The van der Waals surface area contributed by atoms with Crippen LogP contribution in [0.4, 0.5) is 4.39 Å². The Morgan fingerprint density at radius 3 is 2.41 bits per heavy atom. The highest BCUT2D eigenvalue weighted by atomic mass is 19.1. The smallest absolute Gasteiger partial charge is 0.141 e. The van der Waals surface area contributed by atoms with Crippen molar-refractivity contribution in [1.82, 2.24) is 0 Å². The number of rotatable bonds is 2. The van der Waals surface area contributed by atoms with E-state index < -0.39 is 5.82 Å². The summed E-state index contributed by atoms with van der Waals surface area (Å²) in [5, 5.41) is 8.95. The lowest BCUT2D eigenvalue weighted by molar-refractivity contribution is 0.415. The molecule has 0 saturated carbocycles. The molecule has 0 aliphatic rings. The fraction of sp³-hybridized carbons (Fsp3) is 0.0714. The first-order valence-corrected chi connectivity index (χ1v) is 5.09. The molecule has 0 atom stereocenters. The van der Waals surface area contributed by atoms with Crippen LogP contribution in [0, 0.1) is 17.1 Å². The minimum atomic E-state index is -0.499. The third-order valence-electron chi connectivity index (χ3n) is 2.53. The highest BCUT2D eigenvalue weighted by molar-refractivity contribution is 5.71. The molecule has 2 nitrogen and oxygen atoms in total. The van der Waals surface area contributed by atoms with Crippen molar-refractivity contribution in [2.24, 2.45) is 0 Å². The summed E-state index contributed by atoms with van der Waals surface area (Å²) in [7, 11) is 1.58. The Labute approximate surface area is 98.9 Å². The second-order valence-electron chi connectivity index (χ2n) is 3.50. The summed E-state index contributed by atoms with van der Waals surface area (Å²) >= 11 is 0. The van der Waals surface area contributed by atoms with E-state index in [1.807, 2.05) is 6.07 Å². The second-order valence-corrected chi connectivity index (χ2v) is 3.50. The summed E-state index contributed by atoms with van der Waals surface area (Å²) in [5.41, 5.74) is 1.45. The number of benzene rings is 2. The van der Waals surface area contributed by atoms with Gasteiger partial charge in [0.05, 0.1) is 12.7 Å². The zero-order valence-electron chi connectivity index (χ0n) is 9.27. The van der Waals surface area contributed by atoms with Crippen molar-refractivity contribution in [2.75, 3.05) is 7.11 Å². The van der Waals surface area contributed by atoms with Crippen LogP contribution in [0.15, 0.2) is 42.5 Å². The minimum absolute atomic E-state index is 0.0673. The Hall–Kier alpha value is -2.34. The standard InChI is InChI=1S/C14H10FNO/c1-17-11-7-5-10(6-8-11)12-3-2-4-14(15)13(12)9-16/h2-8H,1H3. The molecule has 0 fully saturated rings. The van der Waals surface area contributed by atoms with Gasteiger partial charge in [-0.05, 0) is 23.8 Å². The van der Waals surface area contributed by atoms with Gasteiger partial charge in [0.1, 0.15) is 17.6 Å². The maximum absolute atomic E-state index is 13.4. The molecule has 17 heavy (non-hydrogen) atoms. The van der Waals surface area contributed by atoms with Gasteiger partial charge in [-0.15, -0.1) is 0 Å². The molecular weight excluding hydrogens is 217 g/mol. The number of hydrogen-bond donors (Lipinski definition) is 0. The molecule has 2 rings (SSSR count). The lowest BCUT2D eigenvalue weighted by Gasteiger charge is -2.06. The molecule has 0 bridgehead atoms. The van der Waals surface area contributed by atoms with Crippen molar-refractivity contribution in [2.45, 2.75) is 0 Å². The maximum Gasteiger partial charge on any atom is 0.141 e. The van der Waals surface area contributed by atoms with Gasteiger partial charge in [-0.3, -0.25) is 0 Å². The molecule has 0 aromatic heterocycles. The molecule has 84 valence electrons. The Bertz CT molecular complexity index is 570. The Morgan fingerprint density at radius 2 is 1.82 bits per heavy atom. The van der Waals surface area contributed by atoms with E-state index in [0.717, 1.165) is 11.3 Å². The van der Waals surface area contributed by atoms with Crippen LogP contribution in [0.2, 0.25) is 0 Å². The van der Waals surface area contributed by atoms with Crippen LogP contribution in [0.3, 0.4) is 0 Å². The largest absolute Gasteiger partial charge is 0.497 e. The van der Waals surface area contributed by atoms with Crippen molar-refractivity contribution in [3.8, 4) is 22.9 Å². The van der Waals surface area contributed by atoms with Gasteiger partial charge < -0.3 is 4.74 Å². The predicted octanol–water partition coefficient (Wildman–Crippen LogP) is 3.37. The van der Waals surface area contributed by atoms with Crippen LogP contribution in [0.1, 0.15) is 5.56 Å². The third kappa shape index (κ3) is 2.11. The molecular formula is C14H10FNO. The van der Waals surface area contributed by atoms with Gasteiger partial charge in [-0.2, -0.15) is 5.26 Å². The summed E-state index contributed by atoms with van der Waals surface area (Å²) in [6.45, 7) is 0. The van der Waals surface area contributed by atoms with Gasteiger partial charge in [0, 0.05) is 5.56 Å². The number of nitriles is 1. The van der Waals surface area contributed by atoms with Crippen molar-refractivity contribution in [3.63, 3.8) is 0 Å². The van der Waals surface area contributed by atoms with Gasteiger partial charge in [-0.25, -0.2) is 4.39 Å². The van der Waals surface area contributed by atoms with Gasteiger partial charge in [0.25, 0.3) is 0 Å². The Morgan fingerprint density at radius 1 is 1.12 bits per heavy atom. The van der Waals surface area contributed by atoms with Gasteiger partial charge in [0.2, 0.25) is 0 Å². The average Bonchev–Trinajstić information content (AvgIpc) is 2.38. The number of hydrogen-bond acceptors (Lipinski definition) is 2. The SMILES string of the molecule is COc1ccc(-c2cccc(F)c2C#N)cc1. The molecule has 0 spiro atoms. The van der Waals surface area contributed by atoms with Crippen LogP contribution in [-0.4, -0.2) is 7.11 Å². The molecule has 0 aliphatic carbocycles. The maximum atomic E-state index is 13.4. The van der Waals surface area contributed by atoms with Crippen molar-refractivity contribution < 1.29 is 9.13 Å². The van der Waals surface area contributed by atoms with Gasteiger partial charge in [0.15, 0.2) is 0 Å². The molecule has 0 N–H and O–H groups in total. The molecule has 0 radical (unpaired) electrons. The normalized spacial score (nSPS) is 9.71. The van der Waals surface area contributed by atoms with E-state index in [-0.39, 0.29) is 5.56 Å². The summed E-state index contributed by atoms with van der Waals surface area (Å²) in [6.07, 6.45) is 0. The van der Waals surface area contributed by atoms with Crippen molar-refractivity contribution >= 4 is 0 Å². The highest BCUT2D eigenvalue weighted by Gasteiger charge is 2.09. The fourth-order valence-corrected chi connectivity index (χ4v) is 1.65. The summed E-state index contributed by atoms with van der Waals surface area (Å²) < 4.78 is 18.5. The quantitative estimate of drug-likeness (QED) is 0.788. The van der Waals surface area contributed by atoms with E-state index in [4.69, 9.17) is 10.00 Å². The molecule has 3 heteroatoms. The molecule has 0 unspecified atom stereocenters. The fourth-order valence-electron chi connectivity index (χ4n) is 1.65. The lowest BCUT2D eigenvalue weighted by atomic mass is 10.00. The van der Waals surface area contributed by atoms with Crippen LogP contribution in [0.25, 0.3) is 11.1 Å². The molecule has 0 saturated heterocycles. The monoisotopic (exact) mass is 227 g/mol. The first kappa shape index (κ1) is 11.2. The summed E-state index contributed by atoms with van der Waals surface area (Å²) in [5.74, 6) is 0.226. The molecule has 0 amide bonds. The van der Waals surface area contributed by atoms with Crippen LogP contribution in [0.5, 0.6) is 5.75 Å². The van der Waals surface area contributed by atoms with Crippen LogP contribution in [-0.2, 0) is 0 Å². The van der Waals surface area contributed by atoms with E-state index in [0.29, 0.717) is 5.56 Å². The van der Waals surface area contributed by atoms with Crippen molar-refractivity contribution in [3.05, 3.63) is 53.8 Å². The molecule has 2 aromatic carbocycles. The predicted molar refractivity (Wildman–Crippen MR) is 63.1 cm³/mol. The Balaban J connectivity index is 2.53. The van der Waals surface area contributed by atoms with Gasteiger partial charge >= 0.3 is 0 Å². The van der Waals surface area contributed by atoms with Gasteiger partial charge in [-0.1, -0.05) is 24.3 Å². The Kier molecular flexibility index (Phi) is 3.06. The van der Waals surface area contributed by atoms with E-state index in [1.54, 1.807) is 43.5 Å². The summed E-state index contributed by atoms with van der Waals surface area (Å²) in [4.78, 5) is 0. The van der Waals surface area contributed by atoms with Crippen LogP contribution >= 0.6 is 0 Å². The van der Waals surface area contributed by atoms with Crippen LogP contribution < -0.4 is 4.74 Å². The highest BCUT2D eigenvalue weighted by Crippen LogP contribution is 2.26. The zero-order valence-corrected chi connectivity index (χ0v) is 9.27.